The van der Waals surface area contributed by atoms with Crippen LogP contribution < -0.4 is 9.47 Å². The Morgan fingerprint density at radius 3 is 1.97 bits per heavy atom. The largest absolute Gasteiger partial charge is 0.497 e. The van der Waals surface area contributed by atoms with E-state index >= 15 is 0 Å². The number of rotatable bonds is 12. The van der Waals surface area contributed by atoms with E-state index in [1.54, 1.807) is 14.2 Å². The first kappa shape index (κ1) is 27.8. The second-order valence-electron chi connectivity index (χ2n) is 8.93. The molecule has 196 valence electrons. The Hall–Kier alpha value is -2.22. The molecule has 1 saturated carbocycles. The molecule has 1 aliphatic carbocycles. The van der Waals surface area contributed by atoms with Crippen molar-refractivity contribution in [2.24, 2.45) is 10.3 Å². The van der Waals surface area contributed by atoms with Crippen LogP contribution in [0, 0.1) is 5.92 Å². The highest BCUT2D eigenvalue weighted by atomic mass is 32.2. The van der Waals surface area contributed by atoms with Crippen molar-refractivity contribution in [3.8, 4) is 11.5 Å². The first-order chi connectivity index (χ1) is 18.2. The number of methoxy groups -OCH3 is 2. The van der Waals surface area contributed by atoms with Gasteiger partial charge in [0.25, 0.3) is 0 Å². The molecular weight excluding hydrogens is 519 g/mol. The lowest BCUT2D eigenvalue weighted by Gasteiger charge is -2.23. The minimum Gasteiger partial charge on any atom is -0.497 e. The van der Waals surface area contributed by atoms with Gasteiger partial charge in [0.2, 0.25) is 0 Å². The summed E-state index contributed by atoms with van der Waals surface area (Å²) in [5.74, 6) is 3.14. The topological polar surface area (TPSA) is 40.0 Å². The van der Waals surface area contributed by atoms with Gasteiger partial charge in [0.1, 0.15) is 11.5 Å². The Morgan fingerprint density at radius 1 is 0.784 bits per heavy atom. The predicted molar refractivity (Wildman–Crippen MR) is 158 cm³/mol. The van der Waals surface area contributed by atoms with E-state index < -0.39 is 0 Å². The molecule has 37 heavy (non-hydrogen) atoms. The van der Waals surface area contributed by atoms with E-state index in [4.69, 9.17) is 18.6 Å². The van der Waals surface area contributed by atoms with Crippen molar-refractivity contribution in [3.05, 3.63) is 78.9 Å². The Morgan fingerprint density at radius 2 is 1.38 bits per heavy atom. The lowest BCUT2D eigenvalue weighted by molar-refractivity contribution is 0.196. The molecule has 1 aliphatic rings. The quantitative estimate of drug-likeness (QED) is 0.0733. The maximum atomic E-state index is 6.45. The van der Waals surface area contributed by atoms with Gasteiger partial charge >= 0.3 is 0 Å². The van der Waals surface area contributed by atoms with Gasteiger partial charge in [-0.2, -0.15) is 4.40 Å². The molecule has 0 atom stereocenters. The fraction of sp³-hybridized carbons (Fsp3) is 0.367. The third kappa shape index (κ3) is 9.55. The zero-order valence-electron chi connectivity index (χ0n) is 21.5. The van der Waals surface area contributed by atoms with Crippen molar-refractivity contribution < 1.29 is 14.2 Å². The molecule has 0 aliphatic heterocycles. The predicted octanol–water partition coefficient (Wildman–Crippen LogP) is 9.01. The highest BCUT2D eigenvalue weighted by Gasteiger charge is 2.20. The molecule has 7 heteroatoms. The fourth-order valence-corrected chi connectivity index (χ4v) is 7.39. The van der Waals surface area contributed by atoms with Gasteiger partial charge in [0.05, 0.1) is 25.4 Å². The lowest BCUT2D eigenvalue weighted by atomic mass is 9.90. The molecule has 0 saturated heterocycles. The van der Waals surface area contributed by atoms with Gasteiger partial charge in [0, 0.05) is 33.1 Å². The Labute approximate surface area is 234 Å². The molecule has 0 N–H and O–H groups in total. The van der Waals surface area contributed by atoms with Crippen LogP contribution in [0.15, 0.2) is 97.9 Å². The van der Waals surface area contributed by atoms with Crippen molar-refractivity contribution in [1.82, 2.24) is 0 Å². The van der Waals surface area contributed by atoms with Crippen LogP contribution in [0.25, 0.3) is 0 Å². The number of benzene rings is 3. The fourth-order valence-electron chi connectivity index (χ4n) is 4.18. The first-order valence-corrected chi connectivity index (χ1v) is 15.3. The minimum absolute atomic E-state index is 0.153. The molecule has 0 spiro atoms. The molecule has 0 aromatic heterocycles. The summed E-state index contributed by atoms with van der Waals surface area (Å²) in [6.07, 6.45) is 7.16. The zero-order valence-corrected chi connectivity index (χ0v) is 24.0. The number of thioether (sulfide) groups is 2. The average molecular weight is 554 g/mol. The van der Waals surface area contributed by atoms with E-state index in [0.717, 1.165) is 38.7 Å². The normalized spacial score (nSPS) is 14.5. The molecule has 0 radical (unpaired) electrons. The second kappa shape index (κ2) is 15.3. The van der Waals surface area contributed by atoms with Crippen LogP contribution in [0.5, 0.6) is 11.5 Å². The number of nitrogens with zero attached hydrogens (tertiary/aromatic N) is 1. The maximum absolute atomic E-state index is 6.45. The summed E-state index contributed by atoms with van der Waals surface area (Å²) < 4.78 is 22.5. The third-order valence-corrected chi connectivity index (χ3v) is 9.43. The monoisotopic (exact) mass is 553 g/mol. The average Bonchev–Trinajstić information content (AvgIpc) is 2.95. The third-order valence-electron chi connectivity index (χ3n) is 6.17. The van der Waals surface area contributed by atoms with Crippen molar-refractivity contribution in [3.63, 3.8) is 0 Å². The van der Waals surface area contributed by atoms with Crippen molar-refractivity contribution >= 4 is 41.4 Å². The van der Waals surface area contributed by atoms with Crippen molar-refractivity contribution in [2.75, 3.05) is 20.8 Å². The molecule has 4 nitrogen and oxygen atoms in total. The van der Waals surface area contributed by atoms with Crippen LogP contribution in [0.3, 0.4) is 0 Å². The Bertz CT molecular complexity index is 1070. The maximum Gasteiger partial charge on any atom is 0.197 e. The van der Waals surface area contributed by atoms with Gasteiger partial charge in [0.15, 0.2) is 5.90 Å². The summed E-state index contributed by atoms with van der Waals surface area (Å²) >= 11 is 5.11. The highest BCUT2D eigenvalue weighted by Crippen LogP contribution is 2.40. The highest BCUT2D eigenvalue weighted by molar-refractivity contribution is 8.17. The molecule has 0 unspecified atom stereocenters. The first-order valence-electron chi connectivity index (χ1n) is 12.7. The zero-order chi connectivity index (χ0) is 25.7. The van der Waals surface area contributed by atoms with Crippen LogP contribution >= 0.6 is 35.5 Å². The molecule has 3 aromatic carbocycles. The van der Waals surface area contributed by atoms with E-state index in [-0.39, 0.29) is 4.58 Å². The summed E-state index contributed by atoms with van der Waals surface area (Å²) in [6.45, 7) is 0.745. The standard InChI is InChI=1S/C30H35NO3S3/c1-32-24-13-9-17-27(19-24)35-30(36-28-18-10-14-25(20-28)33-2)21-29(31-37-26-15-7-4-8-16-26)34-22-23-11-5-3-6-12-23/h4,7-10,13-20,23,30H,3,5-6,11-12,21-22H2,1-2H3/b31-29-. The summed E-state index contributed by atoms with van der Waals surface area (Å²) in [7, 11) is 3.41. The smallest absolute Gasteiger partial charge is 0.197 e. The van der Waals surface area contributed by atoms with Crippen LogP contribution in [-0.2, 0) is 4.74 Å². The van der Waals surface area contributed by atoms with E-state index in [2.05, 4.69) is 36.4 Å². The number of hydrogen-bond acceptors (Lipinski definition) is 7. The van der Waals surface area contributed by atoms with E-state index in [0.29, 0.717) is 12.3 Å². The molecule has 0 amide bonds. The molecular formula is C30H35NO3S3. The summed E-state index contributed by atoms with van der Waals surface area (Å²) in [4.78, 5) is 3.42. The van der Waals surface area contributed by atoms with Gasteiger partial charge in [-0.1, -0.05) is 49.6 Å². The van der Waals surface area contributed by atoms with Crippen molar-refractivity contribution in [1.29, 1.82) is 0 Å². The summed E-state index contributed by atoms with van der Waals surface area (Å²) in [5.41, 5.74) is 0. The molecule has 3 aromatic rings. The molecule has 0 bridgehead atoms. The summed E-state index contributed by atoms with van der Waals surface area (Å²) in [5, 5.41) is 0. The second-order valence-corrected chi connectivity index (χ2v) is 12.6. The van der Waals surface area contributed by atoms with E-state index in [1.807, 2.05) is 66.0 Å². The molecule has 4 rings (SSSR count). The Balaban J connectivity index is 1.54. The van der Waals surface area contributed by atoms with Crippen LogP contribution in [-0.4, -0.2) is 31.3 Å². The lowest BCUT2D eigenvalue weighted by Crippen LogP contribution is -2.18. The van der Waals surface area contributed by atoms with Gasteiger partial charge < -0.3 is 14.2 Å². The van der Waals surface area contributed by atoms with Gasteiger partial charge in [-0.05, 0) is 67.3 Å². The SMILES string of the molecule is COc1cccc(SC(C/C(=N/Sc2ccccc2)OCC2CCCCC2)Sc2cccc(OC)c2)c1. The molecule has 0 heterocycles. The van der Waals surface area contributed by atoms with E-state index in [1.165, 1.54) is 44.1 Å². The van der Waals surface area contributed by atoms with Crippen LogP contribution in [0.4, 0.5) is 0 Å². The Kier molecular flexibility index (Phi) is 11.5. The van der Waals surface area contributed by atoms with Crippen molar-refractivity contribution in [2.45, 2.75) is 57.8 Å². The van der Waals surface area contributed by atoms with Gasteiger partial charge in [-0.25, -0.2) is 0 Å². The van der Waals surface area contributed by atoms with Crippen LogP contribution in [0.1, 0.15) is 38.5 Å². The van der Waals surface area contributed by atoms with Crippen LogP contribution in [0.2, 0.25) is 0 Å². The molecule has 1 fully saturated rings. The van der Waals surface area contributed by atoms with Gasteiger partial charge in [-0.15, -0.1) is 23.5 Å². The minimum atomic E-state index is 0.153. The number of hydrogen-bond donors (Lipinski definition) is 0. The number of ether oxygens (including phenoxy) is 3. The summed E-state index contributed by atoms with van der Waals surface area (Å²) in [6, 6.07) is 26.7. The van der Waals surface area contributed by atoms with Gasteiger partial charge in [-0.3, -0.25) is 0 Å². The van der Waals surface area contributed by atoms with E-state index in [9.17, 15) is 0 Å².